The lowest BCUT2D eigenvalue weighted by Gasteiger charge is -1.92. The summed E-state index contributed by atoms with van der Waals surface area (Å²) in [5.74, 6) is 6.70. The third kappa shape index (κ3) is 1.46. The molecule has 48 valence electrons. The molecule has 0 aromatic rings. The summed E-state index contributed by atoms with van der Waals surface area (Å²) in [7, 11) is 0. The van der Waals surface area contributed by atoms with E-state index >= 15 is 0 Å². The van der Waals surface area contributed by atoms with E-state index in [0.717, 1.165) is 24.9 Å². The zero-order valence-electron chi connectivity index (χ0n) is 5.26. The highest BCUT2D eigenvalue weighted by Crippen LogP contribution is 2.40. The van der Waals surface area contributed by atoms with Crippen molar-refractivity contribution in [3.63, 3.8) is 0 Å². The average Bonchev–Trinajstić information content (AvgIpc) is 2.42. The number of rotatable bonds is 3. The van der Waals surface area contributed by atoms with Crippen LogP contribution in [0.5, 0.6) is 0 Å². The Balaban J connectivity index is 1.89. The van der Waals surface area contributed by atoms with Gasteiger partial charge >= 0.3 is 0 Å². The van der Waals surface area contributed by atoms with Gasteiger partial charge in [-0.2, -0.15) is 0 Å². The first kappa shape index (κ1) is 6.05. The van der Waals surface area contributed by atoms with Gasteiger partial charge in [-0.3, -0.25) is 0 Å². The first-order valence-corrected chi connectivity index (χ1v) is 3.16. The molecule has 0 bridgehead atoms. The van der Waals surface area contributed by atoms with Crippen LogP contribution >= 0.6 is 0 Å². The molecule has 1 fully saturated rings. The molecule has 0 spiro atoms. The first-order valence-electron chi connectivity index (χ1n) is 3.16. The second-order valence-corrected chi connectivity index (χ2v) is 2.63. The minimum absolute atomic E-state index is 0.731. The monoisotopic (exact) mass is 115 g/mol. The minimum Gasteiger partial charge on any atom is -0.305 e. The number of nitrogens with two attached hydrogens (primary N) is 1. The van der Waals surface area contributed by atoms with Crippen molar-refractivity contribution in [1.29, 1.82) is 0 Å². The van der Waals surface area contributed by atoms with Crippen LogP contribution < -0.4 is 5.90 Å². The molecule has 1 aliphatic rings. The summed E-state index contributed by atoms with van der Waals surface area (Å²) in [6, 6.07) is 0. The predicted octanol–water partition coefficient (Wildman–Crippen LogP) is 0.923. The van der Waals surface area contributed by atoms with Crippen LogP contribution in [0, 0.1) is 11.8 Å². The van der Waals surface area contributed by atoms with Crippen molar-refractivity contribution in [3.8, 4) is 0 Å². The van der Waals surface area contributed by atoms with Crippen LogP contribution in [0.2, 0.25) is 0 Å². The van der Waals surface area contributed by atoms with Crippen LogP contribution in [0.1, 0.15) is 19.8 Å². The van der Waals surface area contributed by atoms with Gasteiger partial charge in [0.2, 0.25) is 0 Å². The van der Waals surface area contributed by atoms with Crippen LogP contribution in [0.15, 0.2) is 0 Å². The van der Waals surface area contributed by atoms with Crippen LogP contribution in [0.4, 0.5) is 0 Å². The number of hydrogen-bond acceptors (Lipinski definition) is 2. The van der Waals surface area contributed by atoms with E-state index in [1.807, 2.05) is 0 Å². The summed E-state index contributed by atoms with van der Waals surface area (Å²) < 4.78 is 0. The Bertz CT molecular complexity index is 74.9. The highest BCUT2D eigenvalue weighted by Gasteiger charge is 2.31. The smallest absolute Gasteiger partial charge is 0.0682 e. The molecule has 0 aliphatic heterocycles. The van der Waals surface area contributed by atoms with Crippen molar-refractivity contribution in [1.82, 2.24) is 0 Å². The summed E-state index contributed by atoms with van der Waals surface area (Å²) >= 11 is 0. The lowest BCUT2D eigenvalue weighted by Crippen LogP contribution is -2.01. The molecular weight excluding hydrogens is 102 g/mol. The zero-order valence-corrected chi connectivity index (χ0v) is 5.26. The van der Waals surface area contributed by atoms with E-state index < -0.39 is 0 Å². The quantitative estimate of drug-likeness (QED) is 0.555. The molecule has 0 aromatic heterocycles. The maximum absolute atomic E-state index is 4.85. The Labute approximate surface area is 50.0 Å². The lowest BCUT2D eigenvalue weighted by atomic mass is 10.3. The highest BCUT2D eigenvalue weighted by molar-refractivity contribution is 4.81. The van der Waals surface area contributed by atoms with Gasteiger partial charge in [0.1, 0.15) is 0 Å². The molecule has 0 amide bonds. The summed E-state index contributed by atoms with van der Waals surface area (Å²) in [6.45, 7) is 3.00. The van der Waals surface area contributed by atoms with E-state index in [-0.39, 0.29) is 0 Å². The SMILES string of the molecule is CC1CC1CCON. The predicted molar refractivity (Wildman–Crippen MR) is 32.0 cm³/mol. The molecule has 8 heavy (non-hydrogen) atoms. The Kier molecular flexibility index (Phi) is 1.86. The molecule has 0 saturated heterocycles. The maximum atomic E-state index is 4.85. The molecule has 1 aliphatic carbocycles. The summed E-state index contributed by atoms with van der Waals surface area (Å²) in [6.07, 6.45) is 2.53. The second kappa shape index (κ2) is 2.46. The standard InChI is InChI=1S/C6H13NO/c1-5-4-6(5)2-3-8-7/h5-6H,2-4,7H2,1H3. The van der Waals surface area contributed by atoms with Gasteiger partial charge in [-0.1, -0.05) is 6.92 Å². The van der Waals surface area contributed by atoms with Gasteiger partial charge in [-0.25, -0.2) is 5.90 Å². The van der Waals surface area contributed by atoms with Gasteiger partial charge in [0.05, 0.1) is 6.61 Å². The second-order valence-electron chi connectivity index (χ2n) is 2.63. The van der Waals surface area contributed by atoms with Gasteiger partial charge < -0.3 is 4.84 Å². The van der Waals surface area contributed by atoms with Crippen molar-refractivity contribution < 1.29 is 4.84 Å². The van der Waals surface area contributed by atoms with Gasteiger partial charge in [-0.15, -0.1) is 0 Å². The van der Waals surface area contributed by atoms with Crippen LogP contribution in [-0.4, -0.2) is 6.61 Å². The summed E-state index contributed by atoms with van der Waals surface area (Å²) in [4.78, 5) is 4.44. The third-order valence-electron chi connectivity index (χ3n) is 1.88. The van der Waals surface area contributed by atoms with E-state index in [4.69, 9.17) is 5.90 Å². The topological polar surface area (TPSA) is 35.2 Å². The van der Waals surface area contributed by atoms with Crippen molar-refractivity contribution in [3.05, 3.63) is 0 Å². The van der Waals surface area contributed by atoms with Crippen molar-refractivity contribution in [2.45, 2.75) is 19.8 Å². The highest BCUT2D eigenvalue weighted by atomic mass is 16.6. The molecule has 1 saturated carbocycles. The molecule has 2 heteroatoms. The Morgan fingerprint density at radius 1 is 1.75 bits per heavy atom. The van der Waals surface area contributed by atoms with Crippen LogP contribution in [0.25, 0.3) is 0 Å². The lowest BCUT2D eigenvalue weighted by molar-refractivity contribution is 0.130. The summed E-state index contributed by atoms with van der Waals surface area (Å²) in [5.41, 5.74) is 0. The van der Waals surface area contributed by atoms with Gasteiger partial charge in [-0.05, 0) is 24.7 Å². The van der Waals surface area contributed by atoms with Crippen LogP contribution in [-0.2, 0) is 4.84 Å². The molecule has 2 atom stereocenters. The van der Waals surface area contributed by atoms with Crippen molar-refractivity contribution in [2.24, 2.45) is 17.7 Å². The number of hydrogen-bond donors (Lipinski definition) is 1. The molecule has 2 unspecified atom stereocenters. The van der Waals surface area contributed by atoms with E-state index in [2.05, 4.69) is 11.8 Å². The normalized spacial score (nSPS) is 35.2. The Hall–Kier alpha value is -0.0800. The van der Waals surface area contributed by atoms with Crippen molar-refractivity contribution >= 4 is 0 Å². The van der Waals surface area contributed by atoms with E-state index in [1.165, 1.54) is 6.42 Å². The third-order valence-corrected chi connectivity index (χ3v) is 1.88. The molecule has 0 radical (unpaired) electrons. The molecular formula is C6H13NO. The van der Waals surface area contributed by atoms with Gasteiger partial charge in [0.25, 0.3) is 0 Å². The first-order chi connectivity index (χ1) is 3.84. The fraction of sp³-hybridized carbons (Fsp3) is 1.00. The Morgan fingerprint density at radius 3 is 2.75 bits per heavy atom. The van der Waals surface area contributed by atoms with Crippen molar-refractivity contribution in [2.75, 3.05) is 6.61 Å². The van der Waals surface area contributed by atoms with E-state index in [1.54, 1.807) is 0 Å². The molecule has 2 N–H and O–H groups in total. The van der Waals surface area contributed by atoms with Gasteiger partial charge in [0.15, 0.2) is 0 Å². The van der Waals surface area contributed by atoms with E-state index in [9.17, 15) is 0 Å². The zero-order chi connectivity index (χ0) is 5.98. The average molecular weight is 115 g/mol. The molecule has 2 nitrogen and oxygen atoms in total. The fourth-order valence-corrected chi connectivity index (χ4v) is 1.02. The Morgan fingerprint density at radius 2 is 2.38 bits per heavy atom. The largest absolute Gasteiger partial charge is 0.305 e. The van der Waals surface area contributed by atoms with Gasteiger partial charge in [0, 0.05) is 0 Å². The molecule has 0 aromatic carbocycles. The van der Waals surface area contributed by atoms with E-state index in [0.29, 0.717) is 0 Å². The van der Waals surface area contributed by atoms with Crippen LogP contribution in [0.3, 0.4) is 0 Å². The minimum atomic E-state index is 0.731. The maximum Gasteiger partial charge on any atom is 0.0682 e. The molecule has 0 heterocycles. The summed E-state index contributed by atoms with van der Waals surface area (Å²) in [5, 5.41) is 0. The fourth-order valence-electron chi connectivity index (χ4n) is 1.02. The molecule has 1 rings (SSSR count).